The first-order chi connectivity index (χ1) is 10.5. The van der Waals surface area contributed by atoms with Crippen LogP contribution in [0.3, 0.4) is 0 Å². The van der Waals surface area contributed by atoms with Gasteiger partial charge in [-0.05, 0) is 42.7 Å². The predicted molar refractivity (Wildman–Crippen MR) is 87.4 cm³/mol. The van der Waals surface area contributed by atoms with Crippen LogP contribution in [0, 0.1) is 0 Å². The molecule has 0 spiro atoms. The third kappa shape index (κ3) is 7.42. The van der Waals surface area contributed by atoms with Crippen molar-refractivity contribution in [2.24, 2.45) is 5.73 Å². The number of nitrogens with one attached hydrogen (secondary N) is 1. The van der Waals surface area contributed by atoms with Crippen LogP contribution in [-0.2, 0) is 9.53 Å². The lowest BCUT2D eigenvalue weighted by Crippen LogP contribution is -2.45. The lowest BCUT2D eigenvalue weighted by atomic mass is 10.2. The second kappa shape index (κ2) is 10.2. The van der Waals surface area contributed by atoms with Gasteiger partial charge in [-0.2, -0.15) is 11.8 Å². The van der Waals surface area contributed by atoms with Crippen LogP contribution in [0.5, 0.6) is 5.75 Å². The number of halogens is 1. The van der Waals surface area contributed by atoms with Crippen LogP contribution >= 0.6 is 23.4 Å². The Kier molecular flexibility index (Phi) is 8.54. The molecule has 122 valence electrons. The summed E-state index contributed by atoms with van der Waals surface area (Å²) in [6, 6.07) is 5.37. The number of nitrogens with two attached hydrogens (primary N) is 1. The quantitative estimate of drug-likeness (QED) is 0.527. The molecule has 0 radical (unpaired) electrons. The molecule has 1 rings (SSSR count). The summed E-state index contributed by atoms with van der Waals surface area (Å²) >= 11 is 7.33. The number of hydrogen-bond acceptors (Lipinski definition) is 5. The van der Waals surface area contributed by atoms with Gasteiger partial charge in [0.2, 0.25) is 0 Å². The highest BCUT2D eigenvalue weighted by atomic mass is 35.5. The zero-order valence-electron chi connectivity index (χ0n) is 12.2. The van der Waals surface area contributed by atoms with Gasteiger partial charge >= 0.3 is 12.0 Å². The second-order valence-corrected chi connectivity index (χ2v) is 5.73. The third-order valence-electron chi connectivity index (χ3n) is 2.62. The molecule has 0 aliphatic heterocycles. The van der Waals surface area contributed by atoms with Gasteiger partial charge in [0, 0.05) is 5.02 Å². The molecule has 0 saturated heterocycles. The number of carbonyl (C=O) groups is 2. The lowest BCUT2D eigenvalue weighted by Gasteiger charge is -2.16. The van der Waals surface area contributed by atoms with Crippen molar-refractivity contribution in [2.75, 3.05) is 25.2 Å². The van der Waals surface area contributed by atoms with Gasteiger partial charge in [-0.15, -0.1) is 0 Å². The largest absolute Gasteiger partial charge is 0.490 e. The Labute approximate surface area is 138 Å². The summed E-state index contributed by atoms with van der Waals surface area (Å²) in [5.74, 6) is 0.823. The maximum atomic E-state index is 11.9. The lowest BCUT2D eigenvalue weighted by molar-refractivity contribution is -0.146. The molecule has 0 aliphatic carbocycles. The first kappa shape index (κ1) is 18.4. The Hall–Kier alpha value is -1.60. The second-order valence-electron chi connectivity index (χ2n) is 4.31. The molecular formula is C14H19ClN2O4S. The molecule has 1 atom stereocenters. The van der Waals surface area contributed by atoms with Crippen LogP contribution in [0.2, 0.25) is 5.02 Å². The fourth-order valence-corrected chi connectivity index (χ4v) is 2.19. The molecule has 0 saturated carbocycles. The SMILES string of the molecule is CSCC[C@@H](NC(N)=O)C(=O)OCCOc1ccc(Cl)cc1. The molecular weight excluding hydrogens is 328 g/mol. The number of amides is 2. The van der Waals surface area contributed by atoms with E-state index in [1.54, 1.807) is 36.0 Å². The van der Waals surface area contributed by atoms with Gasteiger partial charge in [0.05, 0.1) is 0 Å². The molecule has 3 N–H and O–H groups in total. The molecule has 0 heterocycles. The first-order valence-electron chi connectivity index (χ1n) is 6.63. The Morgan fingerprint density at radius 2 is 2.00 bits per heavy atom. The van der Waals surface area contributed by atoms with Crippen molar-refractivity contribution < 1.29 is 19.1 Å². The monoisotopic (exact) mass is 346 g/mol. The molecule has 22 heavy (non-hydrogen) atoms. The minimum Gasteiger partial charge on any atom is -0.490 e. The van der Waals surface area contributed by atoms with Crippen LogP contribution in [0.15, 0.2) is 24.3 Å². The zero-order chi connectivity index (χ0) is 16.4. The topological polar surface area (TPSA) is 90.7 Å². The van der Waals surface area contributed by atoms with Crippen molar-refractivity contribution in [3.63, 3.8) is 0 Å². The highest BCUT2D eigenvalue weighted by Crippen LogP contribution is 2.15. The van der Waals surface area contributed by atoms with Gasteiger partial charge in [0.25, 0.3) is 0 Å². The third-order valence-corrected chi connectivity index (χ3v) is 3.52. The fraction of sp³-hybridized carbons (Fsp3) is 0.429. The van der Waals surface area contributed by atoms with E-state index in [1.807, 2.05) is 6.26 Å². The van der Waals surface area contributed by atoms with E-state index < -0.39 is 18.0 Å². The number of thioether (sulfide) groups is 1. The van der Waals surface area contributed by atoms with Crippen molar-refractivity contribution in [3.05, 3.63) is 29.3 Å². The van der Waals surface area contributed by atoms with Gasteiger partial charge < -0.3 is 20.5 Å². The van der Waals surface area contributed by atoms with Crippen LogP contribution < -0.4 is 15.8 Å². The van der Waals surface area contributed by atoms with E-state index in [0.717, 1.165) is 0 Å². The number of carbonyl (C=O) groups excluding carboxylic acids is 2. The summed E-state index contributed by atoms with van der Waals surface area (Å²) < 4.78 is 10.5. The number of benzene rings is 1. The summed E-state index contributed by atoms with van der Waals surface area (Å²) in [6.45, 7) is 0.289. The van der Waals surface area contributed by atoms with Crippen LogP contribution in [0.4, 0.5) is 4.79 Å². The summed E-state index contributed by atoms with van der Waals surface area (Å²) in [7, 11) is 0. The number of urea groups is 1. The normalized spacial score (nSPS) is 11.5. The smallest absolute Gasteiger partial charge is 0.328 e. The molecule has 0 bridgehead atoms. The van der Waals surface area contributed by atoms with Gasteiger partial charge in [0.15, 0.2) is 0 Å². The first-order valence-corrected chi connectivity index (χ1v) is 8.40. The number of esters is 1. The van der Waals surface area contributed by atoms with Crippen molar-refractivity contribution >= 4 is 35.4 Å². The molecule has 1 aromatic rings. The Balaban J connectivity index is 2.32. The molecule has 0 fully saturated rings. The van der Waals surface area contributed by atoms with Gasteiger partial charge in [-0.3, -0.25) is 0 Å². The highest BCUT2D eigenvalue weighted by Gasteiger charge is 2.20. The van der Waals surface area contributed by atoms with E-state index in [1.165, 1.54) is 0 Å². The van der Waals surface area contributed by atoms with E-state index in [2.05, 4.69) is 5.32 Å². The van der Waals surface area contributed by atoms with E-state index in [0.29, 0.717) is 22.9 Å². The van der Waals surface area contributed by atoms with Crippen molar-refractivity contribution in [3.8, 4) is 5.75 Å². The van der Waals surface area contributed by atoms with E-state index >= 15 is 0 Å². The number of primary amides is 1. The highest BCUT2D eigenvalue weighted by molar-refractivity contribution is 7.98. The van der Waals surface area contributed by atoms with Crippen LogP contribution in [0.1, 0.15) is 6.42 Å². The van der Waals surface area contributed by atoms with Gasteiger partial charge in [-0.25, -0.2) is 9.59 Å². The number of hydrogen-bond donors (Lipinski definition) is 2. The van der Waals surface area contributed by atoms with Crippen LogP contribution in [0.25, 0.3) is 0 Å². The molecule has 6 nitrogen and oxygen atoms in total. The zero-order valence-corrected chi connectivity index (χ0v) is 13.8. The molecule has 0 aliphatic rings. The predicted octanol–water partition coefficient (Wildman–Crippen LogP) is 2.05. The average Bonchev–Trinajstić information content (AvgIpc) is 2.49. The van der Waals surface area contributed by atoms with Crippen LogP contribution in [-0.4, -0.2) is 43.3 Å². The standard InChI is InChI=1S/C14H19ClN2O4S/c1-22-9-6-12(17-14(16)19)13(18)21-8-7-20-11-4-2-10(15)3-5-11/h2-5,12H,6-9H2,1H3,(H3,16,17,19)/t12-/m1/s1. The number of ether oxygens (including phenoxy) is 2. The minimum atomic E-state index is -0.750. The molecule has 8 heteroatoms. The summed E-state index contributed by atoms with van der Waals surface area (Å²) in [4.78, 5) is 22.7. The van der Waals surface area contributed by atoms with E-state index in [-0.39, 0.29) is 13.2 Å². The van der Waals surface area contributed by atoms with Crippen molar-refractivity contribution in [2.45, 2.75) is 12.5 Å². The molecule has 1 aromatic carbocycles. The van der Waals surface area contributed by atoms with Crippen molar-refractivity contribution in [1.82, 2.24) is 5.32 Å². The van der Waals surface area contributed by atoms with E-state index in [9.17, 15) is 9.59 Å². The summed E-state index contributed by atoms with van der Waals surface area (Å²) in [5, 5.41) is 2.99. The average molecular weight is 347 g/mol. The molecule has 2 amide bonds. The Morgan fingerprint density at radius 1 is 1.32 bits per heavy atom. The molecule has 0 unspecified atom stereocenters. The van der Waals surface area contributed by atoms with Crippen molar-refractivity contribution in [1.29, 1.82) is 0 Å². The molecule has 0 aromatic heterocycles. The maximum absolute atomic E-state index is 11.9. The summed E-state index contributed by atoms with van der Waals surface area (Å²) in [5.41, 5.74) is 5.05. The Bertz CT molecular complexity index is 484. The fourth-order valence-electron chi connectivity index (χ4n) is 1.59. The summed E-state index contributed by atoms with van der Waals surface area (Å²) in [6.07, 6.45) is 2.37. The minimum absolute atomic E-state index is 0.0810. The van der Waals surface area contributed by atoms with Gasteiger partial charge in [0.1, 0.15) is 25.0 Å². The maximum Gasteiger partial charge on any atom is 0.328 e. The van der Waals surface area contributed by atoms with Gasteiger partial charge in [-0.1, -0.05) is 11.6 Å². The van der Waals surface area contributed by atoms with E-state index in [4.69, 9.17) is 26.8 Å². The Morgan fingerprint density at radius 3 is 2.59 bits per heavy atom. The number of rotatable bonds is 9.